The third-order valence-corrected chi connectivity index (χ3v) is 6.21. The number of ether oxygens (including phenoxy) is 2. The molecule has 5 rings (SSSR count). The average Bonchev–Trinajstić information content (AvgIpc) is 3.24. The zero-order valence-electron chi connectivity index (χ0n) is 16.7. The molecule has 0 bridgehead atoms. The first-order chi connectivity index (χ1) is 15.1. The molecule has 0 aliphatic carbocycles. The number of hydrogen-bond donors (Lipinski definition) is 0. The van der Waals surface area contributed by atoms with Crippen molar-refractivity contribution < 1.29 is 9.47 Å². The Kier molecular flexibility index (Phi) is 5.47. The largest absolute Gasteiger partial charge is 0.490 e. The van der Waals surface area contributed by atoms with E-state index in [9.17, 15) is 0 Å². The van der Waals surface area contributed by atoms with Crippen molar-refractivity contribution in [3.8, 4) is 11.5 Å². The summed E-state index contributed by atoms with van der Waals surface area (Å²) < 4.78 is 13.0. The van der Waals surface area contributed by atoms with Gasteiger partial charge in [-0.3, -0.25) is 0 Å². The van der Waals surface area contributed by atoms with E-state index in [1.165, 1.54) is 0 Å². The van der Waals surface area contributed by atoms with Crippen molar-refractivity contribution in [3.63, 3.8) is 0 Å². The molecule has 0 unspecified atom stereocenters. The first kappa shape index (κ1) is 20.2. The van der Waals surface area contributed by atoms with Crippen LogP contribution in [-0.2, 0) is 0 Å². The van der Waals surface area contributed by atoms with E-state index < -0.39 is 0 Å². The van der Waals surface area contributed by atoms with Gasteiger partial charge in [0.1, 0.15) is 18.1 Å². The average molecular weight is 496 g/mol. The molecular formula is C25H20BrClN2O2. The van der Waals surface area contributed by atoms with Crippen LogP contribution in [0.15, 0.2) is 89.0 Å². The maximum absolute atomic E-state index is 6.40. The second-order valence-corrected chi connectivity index (χ2v) is 8.83. The summed E-state index contributed by atoms with van der Waals surface area (Å²) in [6.07, 6.45) is 2.21. The standard InChI is InChI=1S/C25H20BrClN2O2/c1-2-13-30-20-10-5-16(6-11-20)22-15-23-21-14-18(26)7-12-24(21)31-25(29(23)28-22)17-3-8-19(27)9-4-17/h2-12,14,23,25H,1,13,15H2/t23-,25-/m1/s1. The monoisotopic (exact) mass is 494 g/mol. The highest BCUT2D eigenvalue weighted by Crippen LogP contribution is 2.48. The number of hydrogen-bond acceptors (Lipinski definition) is 4. The minimum Gasteiger partial charge on any atom is -0.490 e. The third-order valence-electron chi connectivity index (χ3n) is 5.46. The van der Waals surface area contributed by atoms with Gasteiger partial charge >= 0.3 is 0 Å². The van der Waals surface area contributed by atoms with Gasteiger partial charge in [-0.1, -0.05) is 52.3 Å². The summed E-state index contributed by atoms with van der Waals surface area (Å²) in [6.45, 7) is 4.17. The van der Waals surface area contributed by atoms with E-state index in [4.69, 9.17) is 26.2 Å². The molecule has 0 saturated carbocycles. The summed E-state index contributed by atoms with van der Waals surface area (Å²) >= 11 is 9.70. The van der Waals surface area contributed by atoms with Crippen molar-refractivity contribution in [2.75, 3.05) is 6.61 Å². The van der Waals surface area contributed by atoms with Crippen LogP contribution < -0.4 is 9.47 Å². The summed E-state index contributed by atoms with van der Waals surface area (Å²) in [6, 6.07) is 22.0. The third kappa shape index (κ3) is 3.95. The normalized spacial score (nSPS) is 19.2. The molecule has 0 spiro atoms. The lowest BCUT2D eigenvalue weighted by molar-refractivity contribution is -0.0190. The second kappa shape index (κ2) is 8.40. The minimum atomic E-state index is -0.316. The summed E-state index contributed by atoms with van der Waals surface area (Å²) in [5, 5.41) is 7.76. The van der Waals surface area contributed by atoms with Gasteiger partial charge in [0, 0.05) is 27.0 Å². The molecule has 0 N–H and O–H groups in total. The van der Waals surface area contributed by atoms with Gasteiger partial charge in [0.15, 0.2) is 0 Å². The molecule has 156 valence electrons. The van der Waals surface area contributed by atoms with Crippen LogP contribution in [0.5, 0.6) is 11.5 Å². The Labute approximate surface area is 194 Å². The summed E-state index contributed by atoms with van der Waals surface area (Å²) in [5.41, 5.74) is 4.24. The van der Waals surface area contributed by atoms with E-state index in [1.807, 2.05) is 48.5 Å². The molecule has 2 aliphatic heterocycles. The minimum absolute atomic E-state index is 0.0913. The van der Waals surface area contributed by atoms with Gasteiger partial charge in [-0.15, -0.1) is 0 Å². The van der Waals surface area contributed by atoms with E-state index in [0.29, 0.717) is 11.6 Å². The molecule has 31 heavy (non-hydrogen) atoms. The number of benzene rings is 3. The summed E-state index contributed by atoms with van der Waals surface area (Å²) in [7, 11) is 0. The Morgan fingerprint density at radius 2 is 1.90 bits per heavy atom. The van der Waals surface area contributed by atoms with Gasteiger partial charge in [0.25, 0.3) is 0 Å². The van der Waals surface area contributed by atoms with Gasteiger partial charge in [0.05, 0.1) is 11.8 Å². The highest BCUT2D eigenvalue weighted by atomic mass is 79.9. The van der Waals surface area contributed by atoms with Crippen molar-refractivity contribution in [1.82, 2.24) is 5.01 Å². The lowest BCUT2D eigenvalue weighted by Crippen LogP contribution is -2.33. The van der Waals surface area contributed by atoms with E-state index >= 15 is 0 Å². The molecule has 2 atom stereocenters. The fourth-order valence-corrected chi connectivity index (χ4v) is 4.48. The molecule has 0 fully saturated rings. The van der Waals surface area contributed by atoms with Crippen LogP contribution in [0, 0.1) is 0 Å². The fourth-order valence-electron chi connectivity index (χ4n) is 3.98. The molecule has 2 aliphatic rings. The first-order valence-corrected chi connectivity index (χ1v) is 11.2. The van der Waals surface area contributed by atoms with Crippen LogP contribution in [0.1, 0.15) is 35.4 Å². The van der Waals surface area contributed by atoms with Gasteiger partial charge < -0.3 is 9.47 Å². The number of nitrogens with zero attached hydrogens (tertiary/aromatic N) is 2. The van der Waals surface area contributed by atoms with Crippen molar-refractivity contribution in [2.45, 2.75) is 18.7 Å². The number of fused-ring (bicyclic) bond motifs is 3. The predicted molar refractivity (Wildman–Crippen MR) is 127 cm³/mol. The Balaban J connectivity index is 1.51. The SMILES string of the molecule is C=CCOc1ccc(C2=NN3[C@H](C2)c2cc(Br)ccc2O[C@@H]3c2ccc(Cl)cc2)cc1. The second-order valence-electron chi connectivity index (χ2n) is 7.47. The van der Waals surface area contributed by atoms with Crippen molar-refractivity contribution in [2.24, 2.45) is 5.10 Å². The van der Waals surface area contributed by atoms with Gasteiger partial charge in [-0.25, -0.2) is 5.01 Å². The zero-order chi connectivity index (χ0) is 21.4. The van der Waals surface area contributed by atoms with Crippen molar-refractivity contribution in [3.05, 3.63) is 106 Å². The maximum atomic E-state index is 6.40. The molecule has 0 amide bonds. The fraction of sp³-hybridized carbons (Fsp3) is 0.160. The Hall–Kier alpha value is -2.76. The van der Waals surface area contributed by atoms with Gasteiger partial charge in [-0.2, -0.15) is 5.10 Å². The Morgan fingerprint density at radius 3 is 2.65 bits per heavy atom. The zero-order valence-corrected chi connectivity index (χ0v) is 19.0. The van der Waals surface area contributed by atoms with Gasteiger partial charge in [-0.05, 0) is 60.2 Å². The Morgan fingerprint density at radius 1 is 1.13 bits per heavy atom. The van der Waals surface area contributed by atoms with Crippen molar-refractivity contribution >= 4 is 33.2 Å². The molecule has 0 saturated heterocycles. The van der Waals surface area contributed by atoms with Crippen LogP contribution in [-0.4, -0.2) is 17.3 Å². The molecule has 2 heterocycles. The van der Waals surface area contributed by atoms with Crippen LogP contribution in [0.2, 0.25) is 5.02 Å². The molecule has 3 aromatic carbocycles. The van der Waals surface area contributed by atoms with E-state index in [-0.39, 0.29) is 12.3 Å². The highest BCUT2D eigenvalue weighted by molar-refractivity contribution is 9.10. The van der Waals surface area contributed by atoms with Crippen LogP contribution in [0.25, 0.3) is 0 Å². The lowest BCUT2D eigenvalue weighted by Gasteiger charge is -2.38. The van der Waals surface area contributed by atoms with E-state index in [0.717, 1.165) is 44.8 Å². The molecule has 0 aromatic heterocycles. The summed E-state index contributed by atoms with van der Waals surface area (Å²) in [5.74, 6) is 1.70. The Bertz CT molecular complexity index is 1150. The molecule has 6 heteroatoms. The molecule has 4 nitrogen and oxygen atoms in total. The van der Waals surface area contributed by atoms with Gasteiger partial charge in [0.2, 0.25) is 6.23 Å². The maximum Gasteiger partial charge on any atom is 0.213 e. The highest BCUT2D eigenvalue weighted by Gasteiger charge is 2.41. The molecular weight excluding hydrogens is 476 g/mol. The van der Waals surface area contributed by atoms with Crippen LogP contribution in [0.4, 0.5) is 0 Å². The van der Waals surface area contributed by atoms with E-state index in [2.05, 4.69) is 45.7 Å². The topological polar surface area (TPSA) is 34.1 Å². The first-order valence-electron chi connectivity index (χ1n) is 10.0. The smallest absolute Gasteiger partial charge is 0.213 e. The lowest BCUT2D eigenvalue weighted by atomic mass is 9.96. The quantitative estimate of drug-likeness (QED) is 0.361. The predicted octanol–water partition coefficient (Wildman–Crippen LogP) is 6.91. The number of hydrazone groups is 1. The number of rotatable bonds is 5. The molecule has 3 aromatic rings. The molecule has 0 radical (unpaired) electrons. The van der Waals surface area contributed by atoms with E-state index in [1.54, 1.807) is 6.08 Å². The van der Waals surface area contributed by atoms with Crippen LogP contribution >= 0.6 is 27.5 Å². The summed E-state index contributed by atoms with van der Waals surface area (Å²) in [4.78, 5) is 0. The van der Waals surface area contributed by atoms with Crippen molar-refractivity contribution in [1.29, 1.82) is 0 Å². The number of halogens is 2. The van der Waals surface area contributed by atoms with Crippen LogP contribution in [0.3, 0.4) is 0 Å².